The van der Waals surface area contributed by atoms with E-state index < -0.39 is 0 Å². The number of halogens is 1. The molecule has 0 unspecified atom stereocenters. The molecule has 1 aromatic carbocycles. The summed E-state index contributed by atoms with van der Waals surface area (Å²) >= 11 is 0. The summed E-state index contributed by atoms with van der Waals surface area (Å²) in [4.78, 5) is 17.7. The van der Waals surface area contributed by atoms with Gasteiger partial charge in [0.25, 0.3) is 0 Å². The zero-order valence-electron chi connectivity index (χ0n) is 12.5. The molecular formula is C16H22ClN3O. The van der Waals surface area contributed by atoms with E-state index in [9.17, 15) is 4.79 Å². The number of amides is 1. The molecule has 2 N–H and O–H groups in total. The van der Waals surface area contributed by atoms with Crippen molar-refractivity contribution in [3.63, 3.8) is 0 Å². The van der Waals surface area contributed by atoms with Crippen LogP contribution in [0.4, 0.5) is 0 Å². The third-order valence-corrected chi connectivity index (χ3v) is 4.07. The summed E-state index contributed by atoms with van der Waals surface area (Å²) < 4.78 is 0. The maximum Gasteiger partial charge on any atom is 0.227 e. The molecular weight excluding hydrogens is 286 g/mol. The number of aromatic nitrogens is 1. The average Bonchev–Trinajstić information content (AvgIpc) is 2.83. The first kappa shape index (κ1) is 15.9. The van der Waals surface area contributed by atoms with E-state index in [4.69, 9.17) is 0 Å². The molecule has 0 bridgehead atoms. The van der Waals surface area contributed by atoms with Gasteiger partial charge in [-0.2, -0.15) is 0 Å². The number of nitrogens with zero attached hydrogens (tertiary/aromatic N) is 1. The molecule has 1 aromatic heterocycles. The smallest absolute Gasteiger partial charge is 0.227 e. The standard InChI is InChI=1S/C16H21N3O.ClH/c1-11-4-3-5-14-13(9-18-16(11)14)8-15(20)19-7-6-17-12(2)10-19;/h3-5,9,12,17-18H,6-8,10H2,1-2H3;1H/t12-;/m1./s1. The second-order valence-corrected chi connectivity index (χ2v) is 5.68. The van der Waals surface area contributed by atoms with Crippen LogP contribution in [0.2, 0.25) is 0 Å². The van der Waals surface area contributed by atoms with Gasteiger partial charge in [0, 0.05) is 42.8 Å². The number of aromatic amines is 1. The number of para-hydroxylation sites is 1. The molecule has 3 rings (SSSR count). The van der Waals surface area contributed by atoms with Crippen LogP contribution in [-0.4, -0.2) is 41.5 Å². The normalized spacial score (nSPS) is 18.6. The molecule has 2 aromatic rings. The number of hydrogen-bond donors (Lipinski definition) is 2. The SMILES string of the molecule is Cc1cccc2c(CC(=O)N3CCN[C@H](C)C3)c[nH]c12.Cl. The molecule has 1 aliphatic heterocycles. The van der Waals surface area contributed by atoms with Crippen molar-refractivity contribution in [3.8, 4) is 0 Å². The van der Waals surface area contributed by atoms with Crippen LogP contribution in [0.3, 0.4) is 0 Å². The Bertz CT molecular complexity index is 637. The second-order valence-electron chi connectivity index (χ2n) is 5.68. The first-order chi connectivity index (χ1) is 9.65. The van der Waals surface area contributed by atoms with Crippen molar-refractivity contribution in [2.24, 2.45) is 0 Å². The zero-order chi connectivity index (χ0) is 14.1. The highest BCUT2D eigenvalue weighted by Crippen LogP contribution is 2.22. The van der Waals surface area contributed by atoms with Crippen molar-refractivity contribution in [1.82, 2.24) is 15.2 Å². The highest BCUT2D eigenvalue weighted by molar-refractivity contribution is 5.90. The number of piperazine rings is 1. The van der Waals surface area contributed by atoms with E-state index in [-0.39, 0.29) is 18.3 Å². The molecule has 4 nitrogen and oxygen atoms in total. The van der Waals surface area contributed by atoms with Crippen molar-refractivity contribution in [3.05, 3.63) is 35.5 Å². The Kier molecular flexibility index (Phi) is 4.91. The molecule has 114 valence electrons. The Morgan fingerprint density at radius 1 is 1.43 bits per heavy atom. The fourth-order valence-corrected chi connectivity index (χ4v) is 2.94. The molecule has 1 fully saturated rings. The molecule has 0 radical (unpaired) electrons. The van der Waals surface area contributed by atoms with Crippen LogP contribution in [0.15, 0.2) is 24.4 Å². The van der Waals surface area contributed by atoms with Crippen molar-refractivity contribution < 1.29 is 4.79 Å². The Balaban J connectivity index is 0.00000161. The molecule has 0 spiro atoms. The molecule has 0 saturated carbocycles. The Labute approximate surface area is 131 Å². The molecule has 2 heterocycles. The van der Waals surface area contributed by atoms with Crippen LogP contribution < -0.4 is 5.32 Å². The van der Waals surface area contributed by atoms with Gasteiger partial charge in [-0.3, -0.25) is 4.79 Å². The fraction of sp³-hybridized carbons (Fsp3) is 0.438. The highest BCUT2D eigenvalue weighted by atomic mass is 35.5. The summed E-state index contributed by atoms with van der Waals surface area (Å²) in [5, 5.41) is 4.53. The Morgan fingerprint density at radius 2 is 2.24 bits per heavy atom. The number of benzene rings is 1. The summed E-state index contributed by atoms with van der Waals surface area (Å²) in [6, 6.07) is 6.61. The van der Waals surface area contributed by atoms with Gasteiger partial charge in [-0.05, 0) is 25.0 Å². The Morgan fingerprint density at radius 3 is 3.00 bits per heavy atom. The number of carbonyl (C=O) groups is 1. The molecule has 5 heteroatoms. The van der Waals surface area contributed by atoms with Gasteiger partial charge in [0.1, 0.15) is 0 Å². The van der Waals surface area contributed by atoms with Gasteiger partial charge in [0.2, 0.25) is 5.91 Å². The second kappa shape index (κ2) is 6.50. The topological polar surface area (TPSA) is 48.1 Å². The largest absolute Gasteiger partial charge is 0.361 e. The van der Waals surface area contributed by atoms with E-state index in [0.717, 1.165) is 30.7 Å². The summed E-state index contributed by atoms with van der Waals surface area (Å²) in [6.45, 7) is 6.71. The number of hydrogen-bond acceptors (Lipinski definition) is 2. The van der Waals surface area contributed by atoms with E-state index in [1.807, 2.05) is 17.2 Å². The van der Waals surface area contributed by atoms with Gasteiger partial charge in [-0.25, -0.2) is 0 Å². The van der Waals surface area contributed by atoms with E-state index >= 15 is 0 Å². The molecule has 1 saturated heterocycles. The third-order valence-electron chi connectivity index (χ3n) is 4.07. The number of nitrogens with one attached hydrogen (secondary N) is 2. The predicted octanol–water partition coefficient (Wildman–Crippen LogP) is 2.26. The number of carbonyl (C=O) groups excluding carboxylic acids is 1. The number of fused-ring (bicyclic) bond motifs is 1. The summed E-state index contributed by atoms with van der Waals surface area (Å²) in [5.74, 6) is 0.223. The van der Waals surface area contributed by atoms with Crippen LogP contribution >= 0.6 is 12.4 Å². The van der Waals surface area contributed by atoms with Crippen molar-refractivity contribution in [1.29, 1.82) is 0 Å². The van der Waals surface area contributed by atoms with Crippen LogP contribution in [-0.2, 0) is 11.2 Å². The number of rotatable bonds is 2. The maximum absolute atomic E-state index is 12.4. The van der Waals surface area contributed by atoms with E-state index in [1.54, 1.807) is 0 Å². The predicted molar refractivity (Wildman–Crippen MR) is 88.0 cm³/mol. The molecule has 1 aliphatic rings. The van der Waals surface area contributed by atoms with Crippen molar-refractivity contribution in [2.45, 2.75) is 26.3 Å². The van der Waals surface area contributed by atoms with Gasteiger partial charge in [-0.1, -0.05) is 18.2 Å². The maximum atomic E-state index is 12.4. The van der Waals surface area contributed by atoms with Crippen LogP contribution in [0.5, 0.6) is 0 Å². The lowest BCUT2D eigenvalue weighted by Gasteiger charge is -2.32. The molecule has 21 heavy (non-hydrogen) atoms. The lowest BCUT2D eigenvalue weighted by Crippen LogP contribution is -2.51. The monoisotopic (exact) mass is 307 g/mol. The van der Waals surface area contributed by atoms with Crippen molar-refractivity contribution >= 4 is 29.2 Å². The molecule has 1 amide bonds. The van der Waals surface area contributed by atoms with E-state index in [2.05, 4.69) is 36.3 Å². The highest BCUT2D eigenvalue weighted by Gasteiger charge is 2.21. The third kappa shape index (κ3) is 3.22. The lowest BCUT2D eigenvalue weighted by atomic mass is 10.1. The first-order valence-corrected chi connectivity index (χ1v) is 7.22. The van der Waals surface area contributed by atoms with Gasteiger partial charge in [0.05, 0.1) is 6.42 Å². The minimum absolute atomic E-state index is 0. The lowest BCUT2D eigenvalue weighted by molar-refractivity contribution is -0.131. The fourth-order valence-electron chi connectivity index (χ4n) is 2.94. The van der Waals surface area contributed by atoms with E-state index in [1.165, 1.54) is 10.9 Å². The first-order valence-electron chi connectivity index (χ1n) is 7.22. The summed E-state index contributed by atoms with van der Waals surface area (Å²) in [5.41, 5.74) is 3.46. The Hall–Kier alpha value is -1.52. The molecule has 1 atom stereocenters. The van der Waals surface area contributed by atoms with E-state index in [0.29, 0.717) is 12.5 Å². The van der Waals surface area contributed by atoms with Crippen LogP contribution in [0.25, 0.3) is 10.9 Å². The minimum atomic E-state index is 0. The van der Waals surface area contributed by atoms with Crippen LogP contribution in [0.1, 0.15) is 18.1 Å². The summed E-state index contributed by atoms with van der Waals surface area (Å²) in [7, 11) is 0. The minimum Gasteiger partial charge on any atom is -0.361 e. The number of aryl methyl sites for hydroxylation is 1. The number of H-pyrrole nitrogens is 1. The van der Waals surface area contributed by atoms with Crippen molar-refractivity contribution in [2.75, 3.05) is 19.6 Å². The van der Waals surface area contributed by atoms with Gasteiger partial charge < -0.3 is 15.2 Å². The van der Waals surface area contributed by atoms with Gasteiger partial charge in [0.15, 0.2) is 0 Å². The zero-order valence-corrected chi connectivity index (χ0v) is 13.3. The average molecular weight is 308 g/mol. The van der Waals surface area contributed by atoms with Gasteiger partial charge >= 0.3 is 0 Å². The van der Waals surface area contributed by atoms with Gasteiger partial charge in [-0.15, -0.1) is 12.4 Å². The summed E-state index contributed by atoms with van der Waals surface area (Å²) in [6.07, 6.45) is 2.46. The molecule has 0 aliphatic carbocycles. The quantitative estimate of drug-likeness (QED) is 0.894. The van der Waals surface area contributed by atoms with Crippen LogP contribution in [0, 0.1) is 6.92 Å².